The molecule has 3 rings (SSSR count). The second kappa shape index (κ2) is 6.77. The second-order valence-corrected chi connectivity index (χ2v) is 5.81. The van der Waals surface area contributed by atoms with Gasteiger partial charge in [-0.15, -0.1) is 5.10 Å². The average molecular weight is 329 g/mol. The normalized spacial score (nSPS) is 15.4. The first-order valence-corrected chi connectivity index (χ1v) is 7.92. The predicted octanol–water partition coefficient (Wildman–Crippen LogP) is -0.128. The molecule has 1 fully saturated rings. The molecule has 0 atom stereocenters. The minimum Gasteiger partial charge on any atom is -0.341 e. The maximum absolute atomic E-state index is 12.5. The number of benzene rings is 1. The Morgan fingerprint density at radius 1 is 1.08 bits per heavy atom. The van der Waals surface area contributed by atoms with Crippen LogP contribution >= 0.6 is 0 Å². The van der Waals surface area contributed by atoms with Crippen molar-refractivity contribution < 1.29 is 9.59 Å². The quantitative estimate of drug-likeness (QED) is 0.766. The van der Waals surface area contributed by atoms with Crippen LogP contribution in [0.5, 0.6) is 0 Å². The first-order valence-electron chi connectivity index (χ1n) is 7.92. The Labute approximate surface area is 138 Å². The van der Waals surface area contributed by atoms with Crippen molar-refractivity contribution in [2.45, 2.75) is 19.9 Å². The van der Waals surface area contributed by atoms with Gasteiger partial charge in [0, 0.05) is 33.1 Å². The third kappa shape index (κ3) is 3.27. The molecule has 1 saturated heterocycles. The predicted molar refractivity (Wildman–Crippen MR) is 87.2 cm³/mol. The van der Waals surface area contributed by atoms with Crippen molar-refractivity contribution in [2.24, 2.45) is 0 Å². The summed E-state index contributed by atoms with van der Waals surface area (Å²) in [6.45, 7) is 3.58. The van der Waals surface area contributed by atoms with Gasteiger partial charge >= 0.3 is 0 Å². The fraction of sp³-hybridized carbons (Fsp3) is 0.438. The summed E-state index contributed by atoms with van der Waals surface area (Å²) in [6, 6.07) is 6.91. The number of amides is 2. The van der Waals surface area contributed by atoms with Crippen molar-refractivity contribution in [1.82, 2.24) is 24.8 Å². The molecule has 2 amide bonds. The molecule has 1 aromatic carbocycles. The van der Waals surface area contributed by atoms with Gasteiger partial charge in [-0.1, -0.05) is 17.3 Å². The third-order valence-corrected chi connectivity index (χ3v) is 4.21. The van der Waals surface area contributed by atoms with Gasteiger partial charge in [0.1, 0.15) is 12.1 Å². The highest BCUT2D eigenvalue weighted by molar-refractivity contribution is 5.78. The van der Waals surface area contributed by atoms with Gasteiger partial charge in [-0.3, -0.25) is 14.4 Å². The fourth-order valence-corrected chi connectivity index (χ4v) is 2.84. The van der Waals surface area contributed by atoms with E-state index < -0.39 is 0 Å². The van der Waals surface area contributed by atoms with Gasteiger partial charge in [-0.25, -0.2) is 4.68 Å². The Morgan fingerprint density at radius 2 is 1.79 bits per heavy atom. The van der Waals surface area contributed by atoms with Gasteiger partial charge < -0.3 is 9.80 Å². The first kappa shape index (κ1) is 16.1. The van der Waals surface area contributed by atoms with Crippen LogP contribution < -0.4 is 5.56 Å². The molecule has 8 nitrogen and oxygen atoms in total. The summed E-state index contributed by atoms with van der Waals surface area (Å²) in [5.74, 6) is -0.173. The number of hydrogen-bond donors (Lipinski definition) is 0. The van der Waals surface area contributed by atoms with Crippen LogP contribution in [0.15, 0.2) is 29.1 Å². The van der Waals surface area contributed by atoms with Crippen molar-refractivity contribution in [3.05, 3.63) is 34.6 Å². The van der Waals surface area contributed by atoms with Crippen LogP contribution in [-0.2, 0) is 16.1 Å². The summed E-state index contributed by atoms with van der Waals surface area (Å²) in [5, 5.41) is 8.28. The summed E-state index contributed by atoms with van der Waals surface area (Å²) < 4.78 is 1.10. The van der Waals surface area contributed by atoms with Crippen LogP contribution in [0.2, 0.25) is 0 Å². The van der Waals surface area contributed by atoms with Crippen LogP contribution in [0.1, 0.15) is 13.3 Å². The number of nitrogens with zero attached hydrogens (tertiary/aromatic N) is 5. The van der Waals surface area contributed by atoms with Crippen molar-refractivity contribution in [1.29, 1.82) is 0 Å². The zero-order valence-electron chi connectivity index (χ0n) is 13.5. The minimum atomic E-state index is -0.325. The number of fused-ring (bicyclic) bond motifs is 1. The van der Waals surface area contributed by atoms with Crippen molar-refractivity contribution in [2.75, 3.05) is 26.2 Å². The van der Waals surface area contributed by atoms with Crippen LogP contribution in [-0.4, -0.2) is 62.8 Å². The Hall–Kier alpha value is -2.77. The zero-order chi connectivity index (χ0) is 17.1. The Kier molecular flexibility index (Phi) is 4.54. The molecule has 0 bridgehead atoms. The Balaban J connectivity index is 1.74. The molecule has 0 radical (unpaired) electrons. The van der Waals surface area contributed by atoms with Crippen molar-refractivity contribution in [3.63, 3.8) is 0 Å². The number of carbonyl (C=O) groups excluding carboxylic acids is 2. The first-order chi connectivity index (χ1) is 11.6. The van der Waals surface area contributed by atoms with Crippen LogP contribution in [0.3, 0.4) is 0 Å². The molecule has 1 aliphatic heterocycles. The smallest absolute Gasteiger partial charge is 0.278 e. The van der Waals surface area contributed by atoms with E-state index in [1.807, 2.05) is 0 Å². The van der Waals surface area contributed by atoms with E-state index in [9.17, 15) is 14.4 Å². The van der Waals surface area contributed by atoms with E-state index in [0.717, 1.165) is 11.1 Å². The van der Waals surface area contributed by atoms with Gasteiger partial charge in [0.05, 0.1) is 5.39 Å². The number of hydrogen-bond acceptors (Lipinski definition) is 5. The van der Waals surface area contributed by atoms with E-state index in [1.54, 1.807) is 34.1 Å². The Bertz CT molecular complexity index is 832. The molecule has 0 spiro atoms. The largest absolute Gasteiger partial charge is 0.341 e. The summed E-state index contributed by atoms with van der Waals surface area (Å²) in [4.78, 5) is 39.7. The van der Waals surface area contributed by atoms with Crippen molar-refractivity contribution in [3.8, 4) is 0 Å². The fourth-order valence-electron chi connectivity index (χ4n) is 2.84. The van der Waals surface area contributed by atoms with Gasteiger partial charge in [0.2, 0.25) is 11.8 Å². The molecule has 1 aliphatic rings. The average Bonchev–Trinajstić information content (AvgIpc) is 2.84. The lowest BCUT2D eigenvalue weighted by molar-refractivity contribution is -0.133. The van der Waals surface area contributed by atoms with Crippen molar-refractivity contribution >= 4 is 22.7 Å². The van der Waals surface area contributed by atoms with Crippen LogP contribution in [0, 0.1) is 0 Å². The molecule has 8 heteroatoms. The second-order valence-electron chi connectivity index (χ2n) is 5.81. The topological polar surface area (TPSA) is 88.4 Å². The highest BCUT2D eigenvalue weighted by Crippen LogP contribution is 2.06. The third-order valence-electron chi connectivity index (χ3n) is 4.21. The minimum absolute atomic E-state index is 0.0147. The number of carbonyl (C=O) groups is 2. The molecule has 1 aromatic heterocycles. The molecule has 0 aliphatic carbocycles. The molecule has 2 aromatic rings. The lowest BCUT2D eigenvalue weighted by Crippen LogP contribution is -2.40. The van der Waals surface area contributed by atoms with Gasteiger partial charge in [0.15, 0.2) is 0 Å². The molecule has 0 unspecified atom stereocenters. The molecular weight excluding hydrogens is 310 g/mol. The van der Waals surface area contributed by atoms with Gasteiger partial charge in [-0.2, -0.15) is 0 Å². The van der Waals surface area contributed by atoms with E-state index in [2.05, 4.69) is 10.3 Å². The van der Waals surface area contributed by atoms with E-state index >= 15 is 0 Å². The number of rotatable bonds is 2. The van der Waals surface area contributed by atoms with E-state index in [4.69, 9.17) is 0 Å². The Morgan fingerprint density at radius 3 is 2.58 bits per heavy atom. The molecule has 2 heterocycles. The monoisotopic (exact) mass is 329 g/mol. The highest BCUT2D eigenvalue weighted by Gasteiger charge is 2.21. The molecule has 24 heavy (non-hydrogen) atoms. The maximum atomic E-state index is 12.5. The summed E-state index contributed by atoms with van der Waals surface area (Å²) in [7, 11) is 0. The lowest BCUT2D eigenvalue weighted by Gasteiger charge is -2.21. The maximum Gasteiger partial charge on any atom is 0.278 e. The summed E-state index contributed by atoms with van der Waals surface area (Å²) in [6.07, 6.45) is 0.726. The molecular formula is C16H19N5O3. The summed E-state index contributed by atoms with van der Waals surface area (Å²) in [5.41, 5.74) is 0.187. The number of aromatic nitrogens is 3. The highest BCUT2D eigenvalue weighted by atomic mass is 16.2. The SMILES string of the molecule is CC(=O)N1CCCN(C(=O)Cn2nnc3ccccc3c2=O)CC1. The standard InChI is InChI=1S/C16H19N5O3/c1-12(22)19-7-4-8-20(10-9-19)15(23)11-21-16(24)13-5-2-3-6-14(13)17-18-21/h2-3,5-6H,4,7-11H2,1H3. The molecule has 0 saturated carbocycles. The molecule has 0 N–H and O–H groups in total. The van der Waals surface area contributed by atoms with E-state index in [1.165, 1.54) is 6.92 Å². The van der Waals surface area contributed by atoms with E-state index in [-0.39, 0.29) is 23.9 Å². The van der Waals surface area contributed by atoms with E-state index in [0.29, 0.717) is 37.1 Å². The summed E-state index contributed by atoms with van der Waals surface area (Å²) >= 11 is 0. The molecule has 126 valence electrons. The van der Waals surface area contributed by atoms with Gasteiger partial charge in [-0.05, 0) is 18.6 Å². The zero-order valence-corrected chi connectivity index (χ0v) is 13.5. The van der Waals surface area contributed by atoms with Gasteiger partial charge in [0.25, 0.3) is 5.56 Å². The van der Waals surface area contributed by atoms with Crippen LogP contribution in [0.25, 0.3) is 10.9 Å². The lowest BCUT2D eigenvalue weighted by atomic mass is 10.2. The van der Waals surface area contributed by atoms with Crippen LogP contribution in [0.4, 0.5) is 0 Å².